The predicted molar refractivity (Wildman–Crippen MR) is 95.0 cm³/mol. The number of carbonyl (C=O) groups excluding carboxylic acids is 1. The molecule has 0 spiro atoms. The molecule has 24 heavy (non-hydrogen) atoms. The molecule has 2 heterocycles. The van der Waals surface area contributed by atoms with E-state index in [0.717, 1.165) is 16.6 Å². The fourth-order valence-corrected chi connectivity index (χ4v) is 3.10. The van der Waals surface area contributed by atoms with Crippen molar-refractivity contribution >= 4 is 33.1 Å². The van der Waals surface area contributed by atoms with E-state index >= 15 is 0 Å². The Bertz CT molecular complexity index is 1010. The zero-order valence-corrected chi connectivity index (χ0v) is 13.3. The molecule has 0 saturated heterocycles. The summed E-state index contributed by atoms with van der Waals surface area (Å²) in [5, 5.41) is 7.56. The lowest BCUT2D eigenvalue weighted by Crippen LogP contribution is -2.13. The molecule has 5 nitrogen and oxygen atoms in total. The highest BCUT2D eigenvalue weighted by atomic mass is 32.1. The van der Waals surface area contributed by atoms with Gasteiger partial charge in [0.05, 0.1) is 11.9 Å². The van der Waals surface area contributed by atoms with Crippen LogP contribution in [0.4, 0.5) is 5.13 Å². The standard InChI is InChI=1S/C18H12N4OS/c23-17(15-10-19-7-8-20-15)22-18-21-16(11-24-18)14-6-5-12-3-1-2-4-13(12)9-14/h1-11H,(H,21,22,23). The van der Waals surface area contributed by atoms with Crippen molar-refractivity contribution in [3.8, 4) is 11.3 Å². The van der Waals surface area contributed by atoms with Gasteiger partial charge in [0.15, 0.2) is 5.13 Å². The summed E-state index contributed by atoms with van der Waals surface area (Å²) in [7, 11) is 0. The number of hydrogen-bond acceptors (Lipinski definition) is 5. The van der Waals surface area contributed by atoms with Crippen LogP contribution in [-0.4, -0.2) is 20.9 Å². The summed E-state index contributed by atoms with van der Waals surface area (Å²) in [4.78, 5) is 24.4. The SMILES string of the molecule is O=C(Nc1nc(-c2ccc3ccccc3c2)cs1)c1cnccn1. The van der Waals surface area contributed by atoms with E-state index in [9.17, 15) is 4.79 Å². The summed E-state index contributed by atoms with van der Waals surface area (Å²) >= 11 is 1.38. The topological polar surface area (TPSA) is 67.8 Å². The summed E-state index contributed by atoms with van der Waals surface area (Å²) in [5.74, 6) is -0.317. The first kappa shape index (κ1) is 14.5. The molecular formula is C18H12N4OS. The van der Waals surface area contributed by atoms with Gasteiger partial charge in [-0.15, -0.1) is 11.3 Å². The molecule has 0 fully saturated rings. The number of amides is 1. The van der Waals surface area contributed by atoms with Crippen LogP contribution in [0.15, 0.2) is 66.4 Å². The van der Waals surface area contributed by atoms with Crippen molar-refractivity contribution in [3.05, 3.63) is 72.1 Å². The van der Waals surface area contributed by atoms with Gasteiger partial charge < -0.3 is 0 Å². The van der Waals surface area contributed by atoms with E-state index in [0.29, 0.717) is 5.13 Å². The van der Waals surface area contributed by atoms with Gasteiger partial charge in [-0.3, -0.25) is 15.1 Å². The molecule has 0 bridgehead atoms. The molecular weight excluding hydrogens is 320 g/mol. The molecule has 4 aromatic rings. The van der Waals surface area contributed by atoms with E-state index in [1.807, 2.05) is 23.6 Å². The third-order valence-electron chi connectivity index (χ3n) is 3.57. The van der Waals surface area contributed by atoms with Crippen molar-refractivity contribution in [2.24, 2.45) is 0 Å². The molecule has 0 saturated carbocycles. The Morgan fingerprint density at radius 3 is 2.75 bits per heavy atom. The number of benzene rings is 2. The van der Waals surface area contributed by atoms with Crippen LogP contribution in [0.1, 0.15) is 10.5 Å². The zero-order valence-electron chi connectivity index (χ0n) is 12.5. The van der Waals surface area contributed by atoms with Crippen LogP contribution >= 0.6 is 11.3 Å². The molecule has 0 aliphatic heterocycles. The van der Waals surface area contributed by atoms with Crippen LogP contribution in [-0.2, 0) is 0 Å². The van der Waals surface area contributed by atoms with Gasteiger partial charge >= 0.3 is 0 Å². The van der Waals surface area contributed by atoms with Crippen molar-refractivity contribution in [3.63, 3.8) is 0 Å². The van der Waals surface area contributed by atoms with Gasteiger partial charge in [0, 0.05) is 23.3 Å². The molecule has 4 rings (SSSR count). The van der Waals surface area contributed by atoms with Crippen molar-refractivity contribution < 1.29 is 4.79 Å². The fourth-order valence-electron chi connectivity index (χ4n) is 2.39. The average Bonchev–Trinajstić information content (AvgIpc) is 3.10. The zero-order chi connectivity index (χ0) is 16.4. The largest absolute Gasteiger partial charge is 0.296 e. The third-order valence-corrected chi connectivity index (χ3v) is 4.32. The van der Waals surface area contributed by atoms with Gasteiger partial charge in [-0.25, -0.2) is 9.97 Å². The molecule has 0 atom stereocenters. The highest BCUT2D eigenvalue weighted by molar-refractivity contribution is 7.14. The number of nitrogens with zero attached hydrogens (tertiary/aromatic N) is 3. The molecule has 0 aliphatic rings. The summed E-state index contributed by atoms with van der Waals surface area (Å²) in [5.41, 5.74) is 2.12. The molecule has 2 aromatic heterocycles. The van der Waals surface area contributed by atoms with Gasteiger partial charge in [-0.2, -0.15) is 0 Å². The Kier molecular flexibility index (Phi) is 3.72. The van der Waals surface area contributed by atoms with E-state index < -0.39 is 0 Å². The van der Waals surface area contributed by atoms with E-state index in [2.05, 4.69) is 44.5 Å². The minimum atomic E-state index is -0.317. The van der Waals surface area contributed by atoms with E-state index in [1.165, 1.54) is 35.3 Å². The lowest BCUT2D eigenvalue weighted by atomic mass is 10.1. The lowest BCUT2D eigenvalue weighted by Gasteiger charge is -2.01. The van der Waals surface area contributed by atoms with Crippen LogP contribution in [0.5, 0.6) is 0 Å². The van der Waals surface area contributed by atoms with Gasteiger partial charge in [0.1, 0.15) is 5.69 Å². The van der Waals surface area contributed by atoms with E-state index in [4.69, 9.17) is 0 Å². The highest BCUT2D eigenvalue weighted by Gasteiger charge is 2.11. The number of anilines is 1. The maximum absolute atomic E-state index is 12.1. The van der Waals surface area contributed by atoms with Gasteiger partial charge in [0.2, 0.25) is 0 Å². The first-order valence-corrected chi connectivity index (χ1v) is 8.20. The number of rotatable bonds is 3. The van der Waals surface area contributed by atoms with E-state index in [-0.39, 0.29) is 11.6 Å². The second-order valence-electron chi connectivity index (χ2n) is 5.14. The second kappa shape index (κ2) is 6.17. The Morgan fingerprint density at radius 2 is 1.92 bits per heavy atom. The maximum atomic E-state index is 12.1. The smallest absolute Gasteiger partial charge is 0.277 e. The Hall–Kier alpha value is -3.12. The quantitative estimate of drug-likeness (QED) is 0.615. The number of carbonyl (C=O) groups is 1. The van der Waals surface area contributed by atoms with Crippen LogP contribution in [0.2, 0.25) is 0 Å². The maximum Gasteiger partial charge on any atom is 0.277 e. The van der Waals surface area contributed by atoms with Crippen LogP contribution < -0.4 is 5.32 Å². The van der Waals surface area contributed by atoms with Crippen LogP contribution in [0.3, 0.4) is 0 Å². The summed E-state index contributed by atoms with van der Waals surface area (Å²) in [6.07, 6.45) is 4.43. The summed E-state index contributed by atoms with van der Waals surface area (Å²) in [6, 6.07) is 14.4. The normalized spacial score (nSPS) is 10.7. The predicted octanol–water partition coefficient (Wildman–Crippen LogP) is 4.01. The third kappa shape index (κ3) is 2.87. The number of hydrogen-bond donors (Lipinski definition) is 1. The molecule has 6 heteroatoms. The molecule has 2 aromatic carbocycles. The molecule has 116 valence electrons. The monoisotopic (exact) mass is 332 g/mol. The average molecular weight is 332 g/mol. The van der Waals surface area contributed by atoms with E-state index in [1.54, 1.807) is 0 Å². The van der Waals surface area contributed by atoms with Gasteiger partial charge in [-0.1, -0.05) is 36.4 Å². The molecule has 0 aliphatic carbocycles. The Balaban J connectivity index is 1.58. The molecule has 1 N–H and O–H groups in total. The summed E-state index contributed by atoms with van der Waals surface area (Å²) in [6.45, 7) is 0. The van der Waals surface area contributed by atoms with Gasteiger partial charge in [-0.05, 0) is 16.8 Å². The van der Waals surface area contributed by atoms with Crippen molar-refractivity contribution in [2.45, 2.75) is 0 Å². The minimum Gasteiger partial charge on any atom is -0.296 e. The van der Waals surface area contributed by atoms with Crippen LogP contribution in [0.25, 0.3) is 22.0 Å². The van der Waals surface area contributed by atoms with Crippen molar-refractivity contribution in [1.82, 2.24) is 15.0 Å². The number of nitrogens with one attached hydrogen (secondary N) is 1. The number of fused-ring (bicyclic) bond motifs is 1. The lowest BCUT2D eigenvalue weighted by molar-refractivity contribution is 0.102. The Labute approximate surface area is 142 Å². The van der Waals surface area contributed by atoms with Gasteiger partial charge in [0.25, 0.3) is 5.91 Å². The number of thiazole rings is 1. The minimum absolute atomic E-state index is 0.264. The fraction of sp³-hybridized carbons (Fsp3) is 0. The first-order chi connectivity index (χ1) is 11.8. The highest BCUT2D eigenvalue weighted by Crippen LogP contribution is 2.27. The molecule has 0 radical (unpaired) electrons. The van der Waals surface area contributed by atoms with Crippen molar-refractivity contribution in [2.75, 3.05) is 5.32 Å². The number of aromatic nitrogens is 3. The summed E-state index contributed by atoms with van der Waals surface area (Å²) < 4.78 is 0. The molecule has 1 amide bonds. The first-order valence-electron chi connectivity index (χ1n) is 7.32. The van der Waals surface area contributed by atoms with Crippen LogP contribution in [0, 0.1) is 0 Å². The van der Waals surface area contributed by atoms with Crippen molar-refractivity contribution in [1.29, 1.82) is 0 Å². The Morgan fingerprint density at radius 1 is 1.04 bits per heavy atom. The second-order valence-corrected chi connectivity index (χ2v) is 6.00. The molecule has 0 unspecified atom stereocenters.